The summed E-state index contributed by atoms with van der Waals surface area (Å²) in [5, 5.41) is 5.39. The summed E-state index contributed by atoms with van der Waals surface area (Å²) < 4.78 is 0. The van der Waals surface area contributed by atoms with Gasteiger partial charge in [0.2, 0.25) is 0 Å². The molecular formula is C20H26N4O4. The molecule has 2 atom stereocenters. The first kappa shape index (κ1) is 19.9. The number of benzene rings is 1. The summed E-state index contributed by atoms with van der Waals surface area (Å²) in [7, 11) is 0. The Hall–Kier alpha value is -2.90. The molecule has 8 nitrogen and oxygen atoms in total. The van der Waals surface area contributed by atoms with Crippen LogP contribution < -0.4 is 20.4 Å². The Balaban J connectivity index is 1.85. The van der Waals surface area contributed by atoms with E-state index in [1.54, 1.807) is 18.2 Å². The maximum atomic E-state index is 12.7. The molecule has 2 saturated heterocycles. The van der Waals surface area contributed by atoms with Gasteiger partial charge < -0.3 is 10.6 Å². The Bertz CT molecular complexity index is 757. The zero-order chi connectivity index (χ0) is 20.6. The summed E-state index contributed by atoms with van der Waals surface area (Å²) in [5.41, 5.74) is 0.665. The van der Waals surface area contributed by atoms with Crippen molar-refractivity contribution in [1.29, 1.82) is 0 Å². The molecule has 2 N–H and O–H groups in total. The van der Waals surface area contributed by atoms with Gasteiger partial charge in [-0.05, 0) is 42.9 Å². The molecule has 0 spiro atoms. The van der Waals surface area contributed by atoms with Gasteiger partial charge in [-0.15, -0.1) is 0 Å². The predicted octanol–water partition coefficient (Wildman–Crippen LogP) is 2.63. The van der Waals surface area contributed by atoms with E-state index in [1.807, 2.05) is 27.7 Å². The topological polar surface area (TPSA) is 98.8 Å². The first-order chi connectivity index (χ1) is 13.2. The normalized spacial score (nSPS) is 22.5. The number of urea groups is 2. The lowest BCUT2D eigenvalue weighted by molar-refractivity contribution is -0.119. The average molecular weight is 386 g/mol. The molecule has 1 aromatic rings. The van der Waals surface area contributed by atoms with E-state index >= 15 is 0 Å². The highest BCUT2D eigenvalue weighted by Gasteiger charge is 2.41. The Morgan fingerprint density at radius 3 is 1.54 bits per heavy atom. The van der Waals surface area contributed by atoms with Crippen LogP contribution in [0.3, 0.4) is 0 Å². The van der Waals surface area contributed by atoms with Gasteiger partial charge in [0.05, 0.1) is 11.4 Å². The van der Waals surface area contributed by atoms with Gasteiger partial charge in [0.1, 0.15) is 12.1 Å². The van der Waals surface area contributed by atoms with Gasteiger partial charge in [-0.1, -0.05) is 33.8 Å². The third-order valence-corrected chi connectivity index (χ3v) is 4.80. The number of rotatable bonds is 6. The molecule has 2 aliphatic rings. The van der Waals surface area contributed by atoms with Crippen molar-refractivity contribution in [2.24, 2.45) is 11.8 Å². The molecule has 3 rings (SSSR count). The monoisotopic (exact) mass is 386 g/mol. The largest absolute Gasteiger partial charge is 0.329 e. The SMILES string of the molecule is CC(C)C[C@@H]1NC(=O)N(c2cccc(N3C(=O)N[C@@H](CC(C)C)C3=O)c2)C1=O. The molecule has 0 unspecified atom stereocenters. The van der Waals surface area contributed by atoms with Crippen molar-refractivity contribution < 1.29 is 19.2 Å². The third-order valence-electron chi connectivity index (χ3n) is 4.80. The highest BCUT2D eigenvalue weighted by atomic mass is 16.2. The molecule has 1 aromatic carbocycles. The molecule has 0 radical (unpaired) electrons. The lowest BCUT2D eigenvalue weighted by Crippen LogP contribution is -2.33. The van der Waals surface area contributed by atoms with Gasteiger partial charge >= 0.3 is 12.1 Å². The van der Waals surface area contributed by atoms with Crippen molar-refractivity contribution in [1.82, 2.24) is 10.6 Å². The van der Waals surface area contributed by atoms with Crippen molar-refractivity contribution in [3.8, 4) is 0 Å². The van der Waals surface area contributed by atoms with Crippen LogP contribution in [0.5, 0.6) is 0 Å². The fraction of sp³-hybridized carbons (Fsp3) is 0.500. The van der Waals surface area contributed by atoms with Crippen LogP contribution in [0.25, 0.3) is 0 Å². The average Bonchev–Trinajstić information content (AvgIpc) is 3.02. The Kier molecular flexibility index (Phi) is 5.40. The van der Waals surface area contributed by atoms with Gasteiger partial charge in [0.15, 0.2) is 0 Å². The van der Waals surface area contributed by atoms with E-state index in [1.165, 1.54) is 6.07 Å². The number of hydrogen-bond donors (Lipinski definition) is 2. The molecule has 2 fully saturated rings. The highest BCUT2D eigenvalue weighted by Crippen LogP contribution is 2.29. The minimum atomic E-state index is -0.566. The molecule has 6 amide bonds. The first-order valence-electron chi connectivity index (χ1n) is 9.58. The Morgan fingerprint density at radius 2 is 1.18 bits per heavy atom. The predicted molar refractivity (Wildman–Crippen MR) is 105 cm³/mol. The molecule has 0 aliphatic carbocycles. The molecule has 0 bridgehead atoms. The van der Waals surface area contributed by atoms with Crippen molar-refractivity contribution in [2.75, 3.05) is 9.80 Å². The third kappa shape index (κ3) is 3.72. The molecule has 2 heterocycles. The Labute approximate surface area is 164 Å². The summed E-state index contributed by atoms with van der Waals surface area (Å²) in [4.78, 5) is 52.2. The van der Waals surface area contributed by atoms with Crippen LogP contribution in [0.4, 0.5) is 21.0 Å². The number of anilines is 2. The number of imide groups is 2. The second kappa shape index (κ2) is 7.61. The lowest BCUT2D eigenvalue weighted by atomic mass is 10.0. The molecule has 2 aliphatic heterocycles. The summed E-state index contributed by atoms with van der Waals surface area (Å²) in [6.07, 6.45) is 1.09. The lowest BCUT2D eigenvalue weighted by Gasteiger charge is -2.18. The number of nitrogens with one attached hydrogen (secondary N) is 2. The summed E-state index contributed by atoms with van der Waals surface area (Å²) in [6.45, 7) is 7.92. The van der Waals surface area contributed by atoms with Gasteiger partial charge in [-0.25, -0.2) is 19.4 Å². The van der Waals surface area contributed by atoms with E-state index in [-0.39, 0.29) is 23.7 Å². The number of amides is 6. The quantitative estimate of drug-likeness (QED) is 0.734. The summed E-state index contributed by atoms with van der Waals surface area (Å²) in [6, 6.07) is 4.24. The van der Waals surface area contributed by atoms with E-state index in [0.29, 0.717) is 24.2 Å². The smallest absolute Gasteiger partial charge is 0.325 e. The first-order valence-corrected chi connectivity index (χ1v) is 9.58. The van der Waals surface area contributed by atoms with Crippen molar-refractivity contribution in [3.63, 3.8) is 0 Å². The van der Waals surface area contributed by atoms with Crippen LogP contribution in [0, 0.1) is 11.8 Å². The number of hydrogen-bond acceptors (Lipinski definition) is 4. The summed E-state index contributed by atoms with van der Waals surface area (Å²) in [5.74, 6) is -0.148. The number of carbonyl (C=O) groups is 4. The van der Waals surface area contributed by atoms with Crippen LogP contribution in [-0.2, 0) is 9.59 Å². The molecule has 28 heavy (non-hydrogen) atoms. The molecule has 8 heteroatoms. The van der Waals surface area contributed by atoms with Crippen LogP contribution in [0.15, 0.2) is 24.3 Å². The van der Waals surface area contributed by atoms with Crippen molar-refractivity contribution in [3.05, 3.63) is 24.3 Å². The number of nitrogens with zero attached hydrogens (tertiary/aromatic N) is 2. The van der Waals surface area contributed by atoms with E-state index in [2.05, 4.69) is 10.6 Å². The van der Waals surface area contributed by atoms with Crippen LogP contribution in [-0.4, -0.2) is 36.0 Å². The van der Waals surface area contributed by atoms with Crippen LogP contribution in [0.2, 0.25) is 0 Å². The Morgan fingerprint density at radius 1 is 0.786 bits per heavy atom. The number of carbonyl (C=O) groups excluding carboxylic acids is 4. The maximum absolute atomic E-state index is 12.7. The molecular weight excluding hydrogens is 360 g/mol. The second-order valence-electron chi connectivity index (χ2n) is 8.13. The van der Waals surface area contributed by atoms with E-state index < -0.39 is 24.1 Å². The van der Waals surface area contributed by atoms with Gasteiger partial charge in [-0.2, -0.15) is 0 Å². The van der Waals surface area contributed by atoms with Gasteiger partial charge in [0.25, 0.3) is 11.8 Å². The van der Waals surface area contributed by atoms with Crippen molar-refractivity contribution in [2.45, 2.75) is 52.6 Å². The zero-order valence-electron chi connectivity index (χ0n) is 16.6. The van der Waals surface area contributed by atoms with Crippen LogP contribution in [0.1, 0.15) is 40.5 Å². The van der Waals surface area contributed by atoms with Crippen molar-refractivity contribution >= 4 is 35.3 Å². The van der Waals surface area contributed by atoms with E-state index in [0.717, 1.165) is 9.80 Å². The molecule has 0 aromatic heterocycles. The standard InChI is InChI=1S/C20H26N4O4/c1-11(2)8-15-17(25)23(19(27)21-15)13-6-5-7-14(10-13)24-18(26)16(9-12(3)4)22-20(24)28/h5-7,10-12,15-16H,8-9H2,1-4H3,(H,21,27)(H,22,28)/t15-,16-/m0/s1. The highest BCUT2D eigenvalue weighted by molar-refractivity contribution is 6.23. The second-order valence-corrected chi connectivity index (χ2v) is 8.13. The van der Waals surface area contributed by atoms with Gasteiger partial charge in [-0.3, -0.25) is 9.59 Å². The van der Waals surface area contributed by atoms with Gasteiger partial charge in [0, 0.05) is 0 Å². The molecule has 150 valence electrons. The fourth-order valence-corrected chi connectivity index (χ4v) is 3.58. The minimum absolute atomic E-state index is 0.254. The van der Waals surface area contributed by atoms with Crippen LogP contribution >= 0.6 is 0 Å². The van der Waals surface area contributed by atoms with E-state index in [9.17, 15) is 19.2 Å². The minimum Gasteiger partial charge on any atom is -0.325 e. The fourth-order valence-electron chi connectivity index (χ4n) is 3.58. The summed E-state index contributed by atoms with van der Waals surface area (Å²) >= 11 is 0. The van der Waals surface area contributed by atoms with E-state index in [4.69, 9.17) is 0 Å². The zero-order valence-corrected chi connectivity index (χ0v) is 16.6. The maximum Gasteiger partial charge on any atom is 0.329 e. The molecule has 0 saturated carbocycles.